The highest BCUT2D eigenvalue weighted by Gasteiger charge is 2.70. The molecule has 0 aromatic carbocycles. The third kappa shape index (κ3) is 1.88. The van der Waals surface area contributed by atoms with E-state index in [4.69, 9.17) is 14.2 Å². The van der Waals surface area contributed by atoms with Crippen molar-refractivity contribution < 1.29 is 24.1 Å². The zero-order valence-electron chi connectivity index (χ0n) is 12.1. The minimum Gasteiger partial charge on any atom is -0.388 e. The summed E-state index contributed by atoms with van der Waals surface area (Å²) in [6.45, 7) is 7.28. The standard InChI is InChI=1S/C15H22O5/c1-4-5-10-6-14-8-12(13(2,3)17)20-15(14,7-11(10)16)19-9-18-14/h4,10,12,17H,1,5-9H2,2-3H3. The Morgan fingerprint density at radius 2 is 2.20 bits per heavy atom. The van der Waals surface area contributed by atoms with Gasteiger partial charge in [0.05, 0.1) is 18.1 Å². The number of carbonyl (C=O) groups is 1. The first kappa shape index (κ1) is 14.2. The molecule has 2 heterocycles. The van der Waals surface area contributed by atoms with Crippen LogP contribution in [0.4, 0.5) is 0 Å². The van der Waals surface area contributed by atoms with Gasteiger partial charge in [-0.3, -0.25) is 4.79 Å². The number of carbonyl (C=O) groups excluding carboxylic acids is 1. The van der Waals surface area contributed by atoms with Crippen LogP contribution in [0, 0.1) is 5.92 Å². The highest BCUT2D eigenvalue weighted by atomic mass is 16.8. The highest BCUT2D eigenvalue weighted by molar-refractivity contribution is 5.83. The van der Waals surface area contributed by atoms with Gasteiger partial charge < -0.3 is 19.3 Å². The van der Waals surface area contributed by atoms with Gasteiger partial charge in [-0.15, -0.1) is 6.58 Å². The average molecular weight is 282 g/mol. The second-order valence-electron chi connectivity index (χ2n) is 6.69. The van der Waals surface area contributed by atoms with Gasteiger partial charge in [0.25, 0.3) is 0 Å². The first-order chi connectivity index (χ1) is 9.32. The maximum atomic E-state index is 12.3. The van der Waals surface area contributed by atoms with Crippen LogP contribution >= 0.6 is 0 Å². The number of ether oxygens (including phenoxy) is 3. The fraction of sp³-hybridized carbons (Fsp3) is 0.800. The molecule has 0 spiro atoms. The summed E-state index contributed by atoms with van der Waals surface area (Å²) in [4.78, 5) is 12.3. The lowest BCUT2D eigenvalue weighted by atomic mass is 9.70. The number of rotatable bonds is 3. The molecule has 0 bridgehead atoms. The largest absolute Gasteiger partial charge is 0.388 e. The van der Waals surface area contributed by atoms with Gasteiger partial charge >= 0.3 is 0 Å². The Hall–Kier alpha value is -0.750. The van der Waals surface area contributed by atoms with Gasteiger partial charge in [0.15, 0.2) is 6.79 Å². The molecule has 4 unspecified atom stereocenters. The van der Waals surface area contributed by atoms with Crippen LogP contribution in [0.15, 0.2) is 12.7 Å². The van der Waals surface area contributed by atoms with E-state index in [0.717, 1.165) is 0 Å². The van der Waals surface area contributed by atoms with Gasteiger partial charge in [-0.05, 0) is 26.7 Å². The third-order valence-corrected chi connectivity index (χ3v) is 4.85. The van der Waals surface area contributed by atoms with Gasteiger partial charge in [0.1, 0.15) is 11.4 Å². The summed E-state index contributed by atoms with van der Waals surface area (Å²) >= 11 is 0. The first-order valence-corrected chi connectivity index (χ1v) is 7.14. The zero-order chi connectivity index (χ0) is 14.6. The van der Waals surface area contributed by atoms with E-state index in [1.54, 1.807) is 19.9 Å². The lowest BCUT2D eigenvalue weighted by molar-refractivity contribution is -0.248. The molecular weight excluding hydrogens is 260 g/mol. The summed E-state index contributed by atoms with van der Waals surface area (Å²) in [6.07, 6.45) is 3.34. The molecule has 0 aromatic heterocycles. The number of aliphatic hydroxyl groups is 1. The molecule has 5 nitrogen and oxygen atoms in total. The number of hydrogen-bond donors (Lipinski definition) is 1. The topological polar surface area (TPSA) is 65.0 Å². The number of ketones is 1. The summed E-state index contributed by atoms with van der Waals surface area (Å²) in [7, 11) is 0. The SMILES string of the molecule is C=CCC1CC23CC(C(C)(C)O)OC2(CC1=O)OCO3. The minimum atomic E-state index is -1.01. The molecule has 2 saturated heterocycles. The van der Waals surface area contributed by atoms with Crippen LogP contribution in [0.1, 0.15) is 39.5 Å². The fourth-order valence-corrected chi connectivity index (χ4v) is 3.65. The van der Waals surface area contributed by atoms with Crippen molar-refractivity contribution in [3.8, 4) is 0 Å². The Morgan fingerprint density at radius 3 is 2.85 bits per heavy atom. The van der Waals surface area contributed by atoms with Crippen molar-refractivity contribution in [3.63, 3.8) is 0 Å². The average Bonchev–Trinajstić information content (AvgIpc) is 2.80. The summed E-state index contributed by atoms with van der Waals surface area (Å²) < 4.78 is 17.5. The van der Waals surface area contributed by atoms with E-state index in [9.17, 15) is 9.90 Å². The van der Waals surface area contributed by atoms with Crippen molar-refractivity contribution in [2.75, 3.05) is 6.79 Å². The van der Waals surface area contributed by atoms with Crippen molar-refractivity contribution in [2.24, 2.45) is 5.92 Å². The van der Waals surface area contributed by atoms with E-state index < -0.39 is 23.1 Å². The van der Waals surface area contributed by atoms with Crippen LogP contribution in [-0.2, 0) is 19.0 Å². The van der Waals surface area contributed by atoms with Gasteiger partial charge in [-0.1, -0.05) is 6.08 Å². The predicted molar refractivity (Wildman–Crippen MR) is 70.8 cm³/mol. The van der Waals surface area contributed by atoms with Gasteiger partial charge in [0.2, 0.25) is 5.79 Å². The Labute approximate surface area is 118 Å². The molecule has 0 aromatic rings. The fourth-order valence-electron chi connectivity index (χ4n) is 3.65. The van der Waals surface area contributed by atoms with Gasteiger partial charge in [-0.25, -0.2) is 0 Å². The summed E-state index contributed by atoms with van der Waals surface area (Å²) in [5.41, 5.74) is -1.60. The molecule has 2 aliphatic heterocycles. The Bertz CT molecular complexity index is 440. The molecule has 112 valence electrons. The van der Waals surface area contributed by atoms with E-state index in [1.165, 1.54) is 0 Å². The smallest absolute Gasteiger partial charge is 0.207 e. The number of hydrogen-bond acceptors (Lipinski definition) is 5. The molecule has 0 radical (unpaired) electrons. The first-order valence-electron chi connectivity index (χ1n) is 7.14. The van der Waals surface area contributed by atoms with Crippen molar-refractivity contribution >= 4 is 5.78 Å². The van der Waals surface area contributed by atoms with Crippen LogP contribution in [0.2, 0.25) is 0 Å². The van der Waals surface area contributed by atoms with Crippen molar-refractivity contribution in [3.05, 3.63) is 12.7 Å². The molecule has 20 heavy (non-hydrogen) atoms. The van der Waals surface area contributed by atoms with Crippen molar-refractivity contribution in [1.29, 1.82) is 0 Å². The van der Waals surface area contributed by atoms with Crippen LogP contribution in [-0.4, -0.2) is 40.8 Å². The van der Waals surface area contributed by atoms with Gasteiger partial charge in [-0.2, -0.15) is 0 Å². The van der Waals surface area contributed by atoms with E-state index in [2.05, 4.69) is 6.58 Å². The Balaban J connectivity index is 1.92. The molecule has 3 rings (SSSR count). The lowest BCUT2D eigenvalue weighted by Gasteiger charge is -2.41. The molecule has 4 atom stereocenters. The molecule has 1 saturated carbocycles. The van der Waals surface area contributed by atoms with Crippen LogP contribution < -0.4 is 0 Å². The number of Topliss-reactive ketones (excluding diaryl/α,β-unsaturated/α-hetero) is 1. The summed E-state index contributed by atoms with van der Waals surface area (Å²) in [5, 5.41) is 10.2. The maximum Gasteiger partial charge on any atom is 0.207 e. The molecule has 5 heteroatoms. The second kappa shape index (κ2) is 4.37. The highest BCUT2D eigenvalue weighted by Crippen LogP contribution is 2.57. The van der Waals surface area contributed by atoms with Gasteiger partial charge in [0, 0.05) is 12.3 Å². The van der Waals surface area contributed by atoms with E-state index >= 15 is 0 Å². The lowest BCUT2D eigenvalue weighted by Crippen LogP contribution is -2.55. The molecular formula is C15H22O5. The zero-order valence-corrected chi connectivity index (χ0v) is 12.1. The molecule has 1 aliphatic carbocycles. The van der Waals surface area contributed by atoms with E-state index in [-0.39, 0.29) is 24.9 Å². The molecule has 3 aliphatic rings. The number of allylic oxidation sites excluding steroid dienone is 1. The third-order valence-electron chi connectivity index (χ3n) is 4.85. The molecule has 3 fully saturated rings. The molecule has 1 N–H and O–H groups in total. The normalized spacial score (nSPS) is 44.2. The van der Waals surface area contributed by atoms with Crippen molar-refractivity contribution in [2.45, 2.75) is 62.6 Å². The minimum absolute atomic E-state index is 0.0912. The predicted octanol–water partition coefficient (Wildman–Crippen LogP) is 1.54. The Morgan fingerprint density at radius 1 is 1.45 bits per heavy atom. The van der Waals surface area contributed by atoms with Crippen LogP contribution in [0.25, 0.3) is 0 Å². The monoisotopic (exact) mass is 282 g/mol. The maximum absolute atomic E-state index is 12.3. The summed E-state index contributed by atoms with van der Waals surface area (Å²) in [5.74, 6) is -0.972. The molecule has 0 amide bonds. The second-order valence-corrected chi connectivity index (χ2v) is 6.69. The van der Waals surface area contributed by atoms with Crippen LogP contribution in [0.3, 0.4) is 0 Å². The Kier molecular flexibility index (Phi) is 3.10. The van der Waals surface area contributed by atoms with E-state index in [1.807, 2.05) is 0 Å². The van der Waals surface area contributed by atoms with Crippen molar-refractivity contribution in [1.82, 2.24) is 0 Å². The quantitative estimate of drug-likeness (QED) is 0.795. The summed E-state index contributed by atoms with van der Waals surface area (Å²) in [6, 6.07) is 0. The van der Waals surface area contributed by atoms with E-state index in [0.29, 0.717) is 19.3 Å². The van der Waals surface area contributed by atoms with Crippen LogP contribution in [0.5, 0.6) is 0 Å².